The average molecular weight is 380 g/mol. The van der Waals surface area contributed by atoms with E-state index in [0.29, 0.717) is 28.7 Å². The van der Waals surface area contributed by atoms with Crippen molar-refractivity contribution < 1.29 is 19.0 Å². The second-order valence-corrected chi connectivity index (χ2v) is 5.67. The molecule has 0 spiro atoms. The number of anilines is 3. The number of ether oxygens (including phenoxy) is 3. The lowest BCUT2D eigenvalue weighted by molar-refractivity contribution is 0.102. The number of hydrogen-bond donors (Lipinski definition) is 2. The molecular formula is C20H20N4O4. The molecule has 8 nitrogen and oxygen atoms in total. The van der Waals surface area contributed by atoms with Crippen molar-refractivity contribution in [3.63, 3.8) is 0 Å². The molecule has 2 aromatic carbocycles. The Bertz CT molecular complexity index is 943. The molecule has 0 atom stereocenters. The van der Waals surface area contributed by atoms with E-state index in [9.17, 15) is 4.79 Å². The van der Waals surface area contributed by atoms with Gasteiger partial charge in [-0.15, -0.1) is 0 Å². The van der Waals surface area contributed by atoms with Crippen LogP contribution in [0.5, 0.6) is 17.2 Å². The van der Waals surface area contributed by atoms with Crippen LogP contribution in [0.2, 0.25) is 0 Å². The van der Waals surface area contributed by atoms with E-state index in [1.54, 1.807) is 32.4 Å². The van der Waals surface area contributed by atoms with Gasteiger partial charge >= 0.3 is 0 Å². The van der Waals surface area contributed by atoms with Gasteiger partial charge < -0.3 is 24.8 Å². The van der Waals surface area contributed by atoms with Gasteiger partial charge in [0.25, 0.3) is 5.91 Å². The smallest absolute Gasteiger partial charge is 0.258 e. The van der Waals surface area contributed by atoms with Gasteiger partial charge in [-0.2, -0.15) is 0 Å². The summed E-state index contributed by atoms with van der Waals surface area (Å²) in [5, 5.41) is 5.83. The first kappa shape index (κ1) is 19.0. The number of carbonyl (C=O) groups is 1. The van der Waals surface area contributed by atoms with Gasteiger partial charge in [0.1, 0.15) is 17.2 Å². The Morgan fingerprint density at radius 3 is 2.11 bits per heavy atom. The predicted molar refractivity (Wildman–Crippen MR) is 106 cm³/mol. The Morgan fingerprint density at radius 2 is 1.50 bits per heavy atom. The molecule has 1 amide bonds. The van der Waals surface area contributed by atoms with Crippen molar-refractivity contribution in [2.75, 3.05) is 32.0 Å². The minimum Gasteiger partial charge on any atom is -0.497 e. The summed E-state index contributed by atoms with van der Waals surface area (Å²) in [6.45, 7) is 0. The average Bonchev–Trinajstić information content (AvgIpc) is 2.74. The van der Waals surface area contributed by atoms with Crippen LogP contribution in [0, 0.1) is 0 Å². The maximum atomic E-state index is 12.5. The summed E-state index contributed by atoms with van der Waals surface area (Å²) >= 11 is 0. The molecule has 0 saturated heterocycles. The molecule has 0 aliphatic heterocycles. The van der Waals surface area contributed by atoms with Gasteiger partial charge in [0.2, 0.25) is 5.95 Å². The molecule has 0 aliphatic rings. The van der Waals surface area contributed by atoms with Crippen LogP contribution in [-0.2, 0) is 0 Å². The maximum absolute atomic E-state index is 12.5. The highest BCUT2D eigenvalue weighted by Crippen LogP contribution is 2.29. The first-order chi connectivity index (χ1) is 13.6. The molecule has 2 N–H and O–H groups in total. The van der Waals surface area contributed by atoms with Crippen molar-refractivity contribution in [2.45, 2.75) is 0 Å². The van der Waals surface area contributed by atoms with Gasteiger partial charge in [-0.3, -0.25) is 4.79 Å². The summed E-state index contributed by atoms with van der Waals surface area (Å²) in [6.07, 6.45) is 2.89. The van der Waals surface area contributed by atoms with Crippen LogP contribution in [0.1, 0.15) is 10.4 Å². The summed E-state index contributed by atoms with van der Waals surface area (Å²) < 4.78 is 15.6. The number of amides is 1. The molecule has 3 aromatic rings. The molecular weight excluding hydrogens is 360 g/mol. The Kier molecular flexibility index (Phi) is 5.91. The topological polar surface area (TPSA) is 94.6 Å². The van der Waals surface area contributed by atoms with Crippen LogP contribution >= 0.6 is 0 Å². The molecule has 0 fully saturated rings. The molecule has 144 valence electrons. The lowest BCUT2D eigenvalue weighted by Gasteiger charge is -2.12. The van der Waals surface area contributed by atoms with Crippen LogP contribution in [-0.4, -0.2) is 37.2 Å². The van der Waals surface area contributed by atoms with Crippen LogP contribution in [0.15, 0.2) is 54.9 Å². The second-order valence-electron chi connectivity index (χ2n) is 5.67. The van der Waals surface area contributed by atoms with Crippen LogP contribution in [0.25, 0.3) is 0 Å². The van der Waals surface area contributed by atoms with Crippen molar-refractivity contribution in [1.82, 2.24) is 9.97 Å². The highest BCUT2D eigenvalue weighted by molar-refractivity contribution is 6.04. The summed E-state index contributed by atoms with van der Waals surface area (Å²) in [6, 6.07) is 12.5. The van der Waals surface area contributed by atoms with Gasteiger partial charge in [-0.25, -0.2) is 9.97 Å². The monoisotopic (exact) mass is 380 g/mol. The number of aromatic nitrogens is 2. The van der Waals surface area contributed by atoms with E-state index in [4.69, 9.17) is 14.2 Å². The van der Waals surface area contributed by atoms with Crippen molar-refractivity contribution in [1.29, 1.82) is 0 Å². The largest absolute Gasteiger partial charge is 0.497 e. The molecule has 0 unspecified atom stereocenters. The minimum absolute atomic E-state index is 0.310. The molecule has 1 heterocycles. The number of nitrogens with one attached hydrogen (secondary N) is 2. The second kappa shape index (κ2) is 8.72. The van der Waals surface area contributed by atoms with E-state index in [-0.39, 0.29) is 5.91 Å². The zero-order valence-corrected chi connectivity index (χ0v) is 15.7. The molecule has 8 heteroatoms. The number of carbonyl (C=O) groups excluding carboxylic acids is 1. The van der Waals surface area contributed by atoms with Crippen LogP contribution in [0.3, 0.4) is 0 Å². The molecule has 3 rings (SSSR count). The molecule has 0 aliphatic carbocycles. The molecule has 0 radical (unpaired) electrons. The summed E-state index contributed by atoms with van der Waals surface area (Å²) in [5.74, 6) is 1.90. The SMILES string of the molecule is COc1ccc(Nc2ncc(C(=O)Nc3cc(OC)ccc3OC)cn2)cc1. The third-order valence-electron chi connectivity index (χ3n) is 3.92. The van der Waals surface area contributed by atoms with E-state index < -0.39 is 0 Å². The first-order valence-corrected chi connectivity index (χ1v) is 8.39. The third-order valence-corrected chi connectivity index (χ3v) is 3.92. The van der Waals surface area contributed by atoms with Crippen LogP contribution < -0.4 is 24.8 Å². The third kappa shape index (κ3) is 4.47. The lowest BCUT2D eigenvalue weighted by atomic mass is 10.2. The molecule has 1 aromatic heterocycles. The van der Waals surface area contributed by atoms with E-state index in [2.05, 4.69) is 20.6 Å². The normalized spacial score (nSPS) is 10.1. The molecule has 28 heavy (non-hydrogen) atoms. The van der Waals surface area contributed by atoms with Gasteiger partial charge in [0.15, 0.2) is 0 Å². The lowest BCUT2D eigenvalue weighted by Crippen LogP contribution is -2.14. The summed E-state index contributed by atoms with van der Waals surface area (Å²) in [7, 11) is 4.69. The number of benzene rings is 2. The highest BCUT2D eigenvalue weighted by Gasteiger charge is 2.12. The van der Waals surface area contributed by atoms with Gasteiger partial charge in [0, 0.05) is 24.1 Å². The number of rotatable bonds is 7. The van der Waals surface area contributed by atoms with Crippen LogP contribution in [0.4, 0.5) is 17.3 Å². The van der Waals surface area contributed by atoms with Crippen molar-refractivity contribution >= 4 is 23.2 Å². The summed E-state index contributed by atoms with van der Waals surface area (Å²) in [5.41, 5.74) is 1.61. The fourth-order valence-corrected chi connectivity index (χ4v) is 2.42. The Balaban J connectivity index is 1.69. The maximum Gasteiger partial charge on any atom is 0.258 e. The Hall–Kier alpha value is -3.81. The van der Waals surface area contributed by atoms with Crippen molar-refractivity contribution in [3.8, 4) is 17.2 Å². The van der Waals surface area contributed by atoms with E-state index in [1.165, 1.54) is 19.5 Å². The summed E-state index contributed by atoms with van der Waals surface area (Å²) in [4.78, 5) is 20.9. The van der Waals surface area contributed by atoms with E-state index in [1.807, 2.05) is 24.3 Å². The zero-order chi connectivity index (χ0) is 19.9. The van der Waals surface area contributed by atoms with Crippen molar-refractivity contribution in [2.24, 2.45) is 0 Å². The number of methoxy groups -OCH3 is 3. The Morgan fingerprint density at radius 1 is 0.857 bits per heavy atom. The fourth-order valence-electron chi connectivity index (χ4n) is 2.42. The Labute approximate surface area is 162 Å². The predicted octanol–water partition coefficient (Wildman–Crippen LogP) is 3.50. The van der Waals surface area contributed by atoms with Gasteiger partial charge in [-0.05, 0) is 36.4 Å². The first-order valence-electron chi connectivity index (χ1n) is 8.39. The molecule has 0 bridgehead atoms. The zero-order valence-electron chi connectivity index (χ0n) is 15.7. The number of nitrogens with zero attached hydrogens (tertiary/aromatic N) is 2. The van der Waals surface area contributed by atoms with E-state index >= 15 is 0 Å². The molecule has 0 saturated carbocycles. The fraction of sp³-hybridized carbons (Fsp3) is 0.150. The standard InChI is InChI=1S/C20H20N4O4/c1-26-15-6-4-14(5-7-15)23-20-21-11-13(12-22-20)19(25)24-17-10-16(27-2)8-9-18(17)28-3/h4-12H,1-3H3,(H,24,25)(H,21,22,23). The van der Waals surface area contributed by atoms with E-state index in [0.717, 1.165) is 11.4 Å². The number of hydrogen-bond acceptors (Lipinski definition) is 7. The van der Waals surface area contributed by atoms with Crippen molar-refractivity contribution in [3.05, 3.63) is 60.4 Å². The van der Waals surface area contributed by atoms with Gasteiger partial charge in [0.05, 0.1) is 32.6 Å². The highest BCUT2D eigenvalue weighted by atomic mass is 16.5. The minimum atomic E-state index is -0.359. The quantitative estimate of drug-likeness (QED) is 0.648. The van der Waals surface area contributed by atoms with Gasteiger partial charge in [-0.1, -0.05) is 0 Å².